The molecule has 21 heavy (non-hydrogen) atoms. The molecule has 1 saturated carbocycles. The Bertz CT molecular complexity index is 661. The van der Waals surface area contributed by atoms with Crippen molar-refractivity contribution in [1.82, 2.24) is 4.98 Å². The molecule has 3 N–H and O–H groups in total. The predicted molar refractivity (Wildman–Crippen MR) is 84.3 cm³/mol. The first-order valence-electron chi connectivity index (χ1n) is 6.73. The first-order chi connectivity index (χ1) is 10.1. The first kappa shape index (κ1) is 14.1. The fourth-order valence-corrected chi connectivity index (χ4v) is 2.30. The highest BCUT2D eigenvalue weighted by Gasteiger charge is 2.22. The zero-order valence-corrected chi connectivity index (χ0v) is 12.9. The summed E-state index contributed by atoms with van der Waals surface area (Å²) in [6.07, 6.45) is 2.42. The average Bonchev–Trinajstić information content (AvgIpc) is 3.26. The minimum Gasteiger partial charge on any atom is -0.476 e. The maximum Gasteiger partial charge on any atom is 0.239 e. The molecule has 0 bridgehead atoms. The summed E-state index contributed by atoms with van der Waals surface area (Å²) in [6.45, 7) is 0.654. The van der Waals surface area contributed by atoms with Gasteiger partial charge in [0, 0.05) is 4.47 Å². The third kappa shape index (κ3) is 3.64. The molecule has 6 heteroatoms. The highest BCUT2D eigenvalue weighted by molar-refractivity contribution is 9.10. The van der Waals surface area contributed by atoms with Crippen LogP contribution in [0.2, 0.25) is 0 Å². The van der Waals surface area contributed by atoms with Crippen LogP contribution in [0.5, 0.6) is 5.88 Å². The second-order valence-electron chi connectivity index (χ2n) is 5.09. The summed E-state index contributed by atoms with van der Waals surface area (Å²) in [7, 11) is 0. The Hall–Kier alpha value is -1.82. The van der Waals surface area contributed by atoms with Gasteiger partial charge < -0.3 is 15.8 Å². The number of aromatic nitrogens is 1. The summed E-state index contributed by atoms with van der Waals surface area (Å²) in [5.74, 6) is 1.37. The minimum absolute atomic E-state index is 0.300. The van der Waals surface area contributed by atoms with E-state index in [1.54, 1.807) is 18.2 Å². The number of nitrogens with zero attached hydrogens (tertiary/aromatic N) is 1. The van der Waals surface area contributed by atoms with E-state index in [9.17, 15) is 4.39 Å². The summed E-state index contributed by atoms with van der Waals surface area (Å²) in [6, 6.07) is 7.92. The van der Waals surface area contributed by atoms with Gasteiger partial charge in [-0.3, -0.25) is 0 Å². The normalized spacial score (nSPS) is 14.0. The lowest BCUT2D eigenvalue weighted by molar-refractivity contribution is 0.290. The highest BCUT2D eigenvalue weighted by Crippen LogP contribution is 2.31. The van der Waals surface area contributed by atoms with Crippen molar-refractivity contribution >= 4 is 33.1 Å². The Kier molecular flexibility index (Phi) is 3.96. The number of nitrogen functional groups attached to an aromatic ring is 1. The van der Waals surface area contributed by atoms with Crippen LogP contribution in [-0.2, 0) is 0 Å². The van der Waals surface area contributed by atoms with Crippen LogP contribution in [0.4, 0.5) is 21.6 Å². The van der Waals surface area contributed by atoms with Crippen LogP contribution in [0.15, 0.2) is 34.8 Å². The van der Waals surface area contributed by atoms with Gasteiger partial charge in [-0.15, -0.1) is 0 Å². The maximum atomic E-state index is 13.1. The fraction of sp³-hybridized carbons (Fsp3) is 0.267. The van der Waals surface area contributed by atoms with Crippen LogP contribution < -0.4 is 15.8 Å². The molecule has 0 unspecified atom stereocenters. The van der Waals surface area contributed by atoms with Crippen molar-refractivity contribution in [3.63, 3.8) is 0 Å². The molecule has 1 aliphatic rings. The fourth-order valence-electron chi connectivity index (χ4n) is 1.85. The largest absolute Gasteiger partial charge is 0.476 e. The molecule has 2 aromatic rings. The second-order valence-corrected chi connectivity index (χ2v) is 5.95. The Labute approximate surface area is 130 Å². The molecule has 1 fully saturated rings. The molecule has 1 aromatic heterocycles. The quantitative estimate of drug-likeness (QED) is 0.851. The van der Waals surface area contributed by atoms with Crippen molar-refractivity contribution in [3.05, 3.63) is 40.6 Å². The maximum absolute atomic E-state index is 13.1. The van der Waals surface area contributed by atoms with Gasteiger partial charge in [-0.1, -0.05) is 0 Å². The van der Waals surface area contributed by atoms with Crippen molar-refractivity contribution in [2.24, 2.45) is 5.92 Å². The average molecular weight is 352 g/mol. The van der Waals surface area contributed by atoms with Gasteiger partial charge in [0.05, 0.1) is 18.0 Å². The molecule has 4 nitrogen and oxygen atoms in total. The summed E-state index contributed by atoms with van der Waals surface area (Å²) in [4.78, 5) is 4.36. The van der Waals surface area contributed by atoms with Crippen molar-refractivity contribution in [1.29, 1.82) is 0 Å². The molecular weight excluding hydrogens is 337 g/mol. The van der Waals surface area contributed by atoms with Crippen molar-refractivity contribution in [3.8, 4) is 5.88 Å². The molecule has 0 amide bonds. The number of halogens is 2. The van der Waals surface area contributed by atoms with Gasteiger partial charge >= 0.3 is 0 Å². The summed E-state index contributed by atoms with van der Waals surface area (Å²) in [5.41, 5.74) is 7.10. The third-order valence-electron chi connectivity index (χ3n) is 3.24. The van der Waals surface area contributed by atoms with Gasteiger partial charge in [0.25, 0.3) is 0 Å². The third-order valence-corrected chi connectivity index (χ3v) is 3.89. The van der Waals surface area contributed by atoms with Gasteiger partial charge in [-0.05, 0) is 65.0 Å². The molecule has 0 radical (unpaired) electrons. The standard InChI is InChI=1S/C15H15BrFN3O/c16-11-7-10(17)3-5-13(11)19-14-6-4-12(18)15(20-14)21-8-9-1-2-9/h3-7,9H,1-2,8,18H2,(H,19,20). The van der Waals surface area contributed by atoms with Crippen LogP contribution in [-0.4, -0.2) is 11.6 Å². The second kappa shape index (κ2) is 5.89. The van der Waals surface area contributed by atoms with Gasteiger partial charge in [0.15, 0.2) is 0 Å². The van der Waals surface area contributed by atoms with Crippen molar-refractivity contribution < 1.29 is 9.13 Å². The van der Waals surface area contributed by atoms with E-state index >= 15 is 0 Å². The van der Waals surface area contributed by atoms with E-state index in [1.165, 1.54) is 25.0 Å². The van der Waals surface area contributed by atoms with Crippen LogP contribution in [0.1, 0.15) is 12.8 Å². The lowest BCUT2D eigenvalue weighted by Crippen LogP contribution is -2.05. The summed E-state index contributed by atoms with van der Waals surface area (Å²) >= 11 is 3.31. The van der Waals surface area contributed by atoms with E-state index in [0.29, 0.717) is 34.4 Å². The molecule has 0 atom stereocenters. The Morgan fingerprint density at radius 3 is 2.86 bits per heavy atom. The van der Waals surface area contributed by atoms with Gasteiger partial charge in [-0.25, -0.2) is 4.39 Å². The molecule has 1 aromatic carbocycles. The number of hydrogen-bond donors (Lipinski definition) is 2. The van der Waals surface area contributed by atoms with Crippen LogP contribution in [0, 0.1) is 11.7 Å². The number of anilines is 3. The Morgan fingerprint density at radius 2 is 2.14 bits per heavy atom. The van der Waals surface area contributed by atoms with Gasteiger partial charge in [-0.2, -0.15) is 4.98 Å². The zero-order chi connectivity index (χ0) is 14.8. The van der Waals surface area contributed by atoms with Gasteiger partial charge in [0.2, 0.25) is 5.88 Å². The number of pyridine rings is 1. The SMILES string of the molecule is Nc1ccc(Nc2ccc(F)cc2Br)nc1OCC1CC1. The number of rotatable bonds is 5. The van der Waals surface area contributed by atoms with Crippen LogP contribution >= 0.6 is 15.9 Å². The van der Waals surface area contributed by atoms with E-state index in [-0.39, 0.29) is 5.82 Å². The number of ether oxygens (including phenoxy) is 1. The van der Waals surface area contributed by atoms with E-state index in [4.69, 9.17) is 10.5 Å². The van der Waals surface area contributed by atoms with E-state index < -0.39 is 0 Å². The number of hydrogen-bond acceptors (Lipinski definition) is 4. The smallest absolute Gasteiger partial charge is 0.239 e. The van der Waals surface area contributed by atoms with E-state index in [2.05, 4.69) is 26.2 Å². The summed E-state index contributed by atoms with van der Waals surface area (Å²) < 4.78 is 19.3. The molecule has 110 valence electrons. The lowest BCUT2D eigenvalue weighted by atomic mass is 10.3. The highest BCUT2D eigenvalue weighted by atomic mass is 79.9. The molecule has 0 saturated heterocycles. The molecule has 0 aliphatic heterocycles. The number of benzene rings is 1. The zero-order valence-electron chi connectivity index (χ0n) is 11.3. The molecule has 1 heterocycles. The van der Waals surface area contributed by atoms with E-state index in [1.807, 2.05) is 0 Å². The monoisotopic (exact) mass is 351 g/mol. The Morgan fingerprint density at radius 1 is 1.33 bits per heavy atom. The minimum atomic E-state index is -0.300. The molecular formula is C15H15BrFN3O. The number of nitrogens with two attached hydrogens (primary N) is 1. The van der Waals surface area contributed by atoms with Crippen molar-refractivity contribution in [2.45, 2.75) is 12.8 Å². The topological polar surface area (TPSA) is 60.2 Å². The molecule has 0 spiro atoms. The summed E-state index contributed by atoms with van der Waals surface area (Å²) in [5, 5.41) is 3.11. The van der Waals surface area contributed by atoms with Crippen molar-refractivity contribution in [2.75, 3.05) is 17.7 Å². The first-order valence-corrected chi connectivity index (χ1v) is 7.52. The molecule has 3 rings (SSSR count). The van der Waals surface area contributed by atoms with Crippen LogP contribution in [0.3, 0.4) is 0 Å². The van der Waals surface area contributed by atoms with E-state index in [0.717, 1.165) is 5.69 Å². The molecule has 1 aliphatic carbocycles. The number of nitrogens with one attached hydrogen (secondary N) is 1. The Balaban J connectivity index is 1.76. The van der Waals surface area contributed by atoms with Crippen LogP contribution in [0.25, 0.3) is 0 Å². The van der Waals surface area contributed by atoms with Gasteiger partial charge in [0.1, 0.15) is 11.6 Å². The lowest BCUT2D eigenvalue weighted by Gasteiger charge is -2.11. The predicted octanol–water partition coefficient (Wildman–Crippen LogP) is 4.10.